The summed E-state index contributed by atoms with van der Waals surface area (Å²) in [6, 6.07) is 7.66. The Balaban J connectivity index is 2.61. The molecule has 2 N–H and O–H groups in total. The number of carboxylic acids is 1. The number of halogens is 2. The van der Waals surface area contributed by atoms with Crippen LogP contribution in [0, 0.1) is 0 Å². The second-order valence-electron chi connectivity index (χ2n) is 4.26. The maximum atomic E-state index is 12.1. The van der Waals surface area contributed by atoms with E-state index in [9.17, 15) is 18.4 Å². The highest BCUT2D eigenvalue weighted by molar-refractivity contribution is 5.79. The lowest BCUT2D eigenvalue weighted by Crippen LogP contribution is -2.42. The highest BCUT2D eigenvalue weighted by atomic mass is 19.3. The molecule has 0 bridgehead atoms. The first-order valence-electron chi connectivity index (χ1n) is 5.96. The van der Waals surface area contributed by atoms with E-state index in [-0.39, 0.29) is 6.54 Å². The Morgan fingerprint density at radius 1 is 1.30 bits per heavy atom. The molecule has 0 fully saturated rings. The molecule has 1 aromatic rings. The zero-order chi connectivity index (χ0) is 15.1. The van der Waals surface area contributed by atoms with Gasteiger partial charge in [0.15, 0.2) is 0 Å². The summed E-state index contributed by atoms with van der Waals surface area (Å²) in [4.78, 5) is 23.5. The first-order chi connectivity index (χ1) is 9.41. The fourth-order valence-corrected chi connectivity index (χ4v) is 1.65. The lowest BCUT2D eigenvalue weighted by molar-refractivity contribution is -0.138. The second-order valence-corrected chi connectivity index (χ2v) is 4.26. The van der Waals surface area contributed by atoms with Crippen LogP contribution in [0.25, 0.3) is 0 Å². The first-order valence-corrected chi connectivity index (χ1v) is 5.96. The van der Waals surface area contributed by atoms with Crippen molar-refractivity contribution in [3.05, 3.63) is 35.9 Å². The summed E-state index contributed by atoms with van der Waals surface area (Å²) in [5, 5.41) is 11.5. The molecule has 2 amide bonds. The molecule has 0 aliphatic heterocycles. The van der Waals surface area contributed by atoms with Crippen molar-refractivity contribution < 1.29 is 23.5 Å². The number of benzene rings is 1. The van der Waals surface area contributed by atoms with Crippen LogP contribution < -0.4 is 5.32 Å². The third-order valence-electron chi connectivity index (χ3n) is 2.72. The molecule has 0 aliphatic carbocycles. The number of carbonyl (C=O) groups is 2. The number of amides is 2. The summed E-state index contributed by atoms with van der Waals surface area (Å²) < 4.78 is 24.2. The molecule has 1 unspecified atom stereocenters. The van der Waals surface area contributed by atoms with Gasteiger partial charge < -0.3 is 15.3 Å². The van der Waals surface area contributed by atoms with Gasteiger partial charge in [-0.25, -0.2) is 13.6 Å². The first kappa shape index (κ1) is 15.9. The van der Waals surface area contributed by atoms with Crippen molar-refractivity contribution >= 4 is 12.0 Å². The molecule has 1 aromatic carbocycles. The zero-order valence-corrected chi connectivity index (χ0v) is 10.9. The van der Waals surface area contributed by atoms with Crippen LogP contribution in [-0.2, 0) is 4.79 Å². The average Bonchev–Trinajstić information content (AvgIpc) is 2.38. The number of nitrogens with zero attached hydrogens (tertiary/aromatic N) is 1. The van der Waals surface area contributed by atoms with Crippen molar-refractivity contribution in [2.45, 2.75) is 12.3 Å². The van der Waals surface area contributed by atoms with E-state index < -0.39 is 30.9 Å². The molecular formula is C13H16F2N2O3. The zero-order valence-electron chi connectivity index (χ0n) is 10.9. The topological polar surface area (TPSA) is 69.6 Å². The average molecular weight is 286 g/mol. The minimum absolute atomic E-state index is 0.161. The number of carbonyl (C=O) groups excluding carboxylic acids is 1. The molecule has 5 nitrogen and oxygen atoms in total. The van der Waals surface area contributed by atoms with Gasteiger partial charge in [0.2, 0.25) is 0 Å². The largest absolute Gasteiger partial charge is 0.481 e. The molecule has 110 valence electrons. The maximum Gasteiger partial charge on any atom is 0.317 e. The molecule has 0 saturated carbocycles. The number of hydrogen-bond acceptors (Lipinski definition) is 2. The van der Waals surface area contributed by atoms with Gasteiger partial charge >= 0.3 is 12.0 Å². The van der Waals surface area contributed by atoms with Crippen LogP contribution in [0.3, 0.4) is 0 Å². The predicted octanol–water partition coefficient (Wildman–Crippen LogP) is 1.76. The summed E-state index contributed by atoms with van der Waals surface area (Å²) in [5.74, 6) is -2.01. The van der Waals surface area contributed by atoms with Crippen LogP contribution in [0.4, 0.5) is 13.6 Å². The van der Waals surface area contributed by atoms with E-state index in [0.717, 1.165) is 4.90 Å². The summed E-state index contributed by atoms with van der Waals surface area (Å²) in [6.45, 7) is -0.860. The van der Waals surface area contributed by atoms with Crippen molar-refractivity contribution in [1.82, 2.24) is 10.2 Å². The number of carboxylic acid groups (broad SMARTS) is 1. The molecule has 1 rings (SSSR count). The molecule has 0 aromatic heterocycles. The number of rotatable bonds is 6. The Morgan fingerprint density at radius 2 is 1.90 bits per heavy atom. The van der Waals surface area contributed by atoms with Gasteiger partial charge in [-0.05, 0) is 5.56 Å². The number of alkyl halides is 2. The number of urea groups is 1. The molecule has 1 atom stereocenters. The van der Waals surface area contributed by atoms with Crippen LogP contribution in [0.1, 0.15) is 11.5 Å². The molecule has 0 heterocycles. The standard InChI is InChI=1S/C13H16F2N2O3/c1-17(8-11(14)15)13(20)16-7-10(12(18)19)9-5-3-2-4-6-9/h2-6,10-11H,7-8H2,1H3,(H,16,20)(H,18,19). The second kappa shape index (κ2) is 7.42. The minimum atomic E-state index is -2.63. The van der Waals surface area contributed by atoms with Crippen molar-refractivity contribution in [2.24, 2.45) is 0 Å². The quantitative estimate of drug-likeness (QED) is 0.837. The Bertz CT molecular complexity index is 454. The third kappa shape index (κ3) is 4.83. The van der Waals surface area contributed by atoms with Crippen LogP contribution in [0.5, 0.6) is 0 Å². The van der Waals surface area contributed by atoms with Crippen LogP contribution in [0.2, 0.25) is 0 Å². The van der Waals surface area contributed by atoms with Gasteiger partial charge in [-0.1, -0.05) is 30.3 Å². The van der Waals surface area contributed by atoms with E-state index in [1.807, 2.05) is 0 Å². The summed E-state index contributed by atoms with van der Waals surface area (Å²) in [6.07, 6.45) is -2.63. The normalized spacial score (nSPS) is 12.0. The monoisotopic (exact) mass is 286 g/mol. The molecule has 0 spiro atoms. The van der Waals surface area contributed by atoms with E-state index in [1.165, 1.54) is 7.05 Å². The Hall–Kier alpha value is -2.18. The molecule has 0 radical (unpaired) electrons. The van der Waals surface area contributed by atoms with Crippen molar-refractivity contribution in [3.63, 3.8) is 0 Å². The van der Waals surface area contributed by atoms with Gasteiger partial charge in [0.25, 0.3) is 6.43 Å². The smallest absolute Gasteiger partial charge is 0.317 e. The molecular weight excluding hydrogens is 270 g/mol. The highest BCUT2D eigenvalue weighted by Crippen LogP contribution is 2.14. The lowest BCUT2D eigenvalue weighted by Gasteiger charge is -2.19. The number of aliphatic carboxylic acids is 1. The Labute approximate surface area is 115 Å². The summed E-state index contributed by atoms with van der Waals surface area (Å²) in [5.41, 5.74) is 0.539. The van der Waals surface area contributed by atoms with Crippen molar-refractivity contribution in [2.75, 3.05) is 20.1 Å². The molecule has 0 aliphatic rings. The highest BCUT2D eigenvalue weighted by Gasteiger charge is 2.21. The summed E-state index contributed by atoms with van der Waals surface area (Å²) in [7, 11) is 1.22. The van der Waals surface area contributed by atoms with Gasteiger partial charge in [-0.2, -0.15) is 0 Å². The van der Waals surface area contributed by atoms with Crippen molar-refractivity contribution in [1.29, 1.82) is 0 Å². The van der Waals surface area contributed by atoms with Gasteiger partial charge in [0.05, 0.1) is 12.5 Å². The minimum Gasteiger partial charge on any atom is -0.481 e. The summed E-state index contributed by atoms with van der Waals surface area (Å²) >= 11 is 0. The maximum absolute atomic E-state index is 12.1. The number of nitrogens with one attached hydrogen (secondary N) is 1. The Kier molecular flexibility index (Phi) is 5.89. The SMILES string of the molecule is CN(CC(F)F)C(=O)NCC(C(=O)O)c1ccccc1. The lowest BCUT2D eigenvalue weighted by atomic mass is 9.99. The fraction of sp³-hybridized carbons (Fsp3) is 0.385. The molecule has 7 heteroatoms. The van der Waals surface area contributed by atoms with Crippen LogP contribution in [-0.4, -0.2) is 48.6 Å². The van der Waals surface area contributed by atoms with E-state index in [2.05, 4.69) is 5.32 Å². The molecule has 20 heavy (non-hydrogen) atoms. The van der Waals surface area contributed by atoms with E-state index >= 15 is 0 Å². The van der Waals surface area contributed by atoms with Crippen molar-refractivity contribution in [3.8, 4) is 0 Å². The van der Waals surface area contributed by atoms with Crippen LogP contribution >= 0.6 is 0 Å². The third-order valence-corrected chi connectivity index (χ3v) is 2.72. The fourth-order valence-electron chi connectivity index (χ4n) is 1.65. The Morgan fingerprint density at radius 3 is 2.40 bits per heavy atom. The molecule has 0 saturated heterocycles. The van der Waals surface area contributed by atoms with Gasteiger partial charge in [-0.15, -0.1) is 0 Å². The van der Waals surface area contributed by atoms with E-state index in [0.29, 0.717) is 5.56 Å². The van der Waals surface area contributed by atoms with E-state index in [4.69, 9.17) is 5.11 Å². The van der Waals surface area contributed by atoms with E-state index in [1.54, 1.807) is 30.3 Å². The van der Waals surface area contributed by atoms with Gasteiger partial charge in [0.1, 0.15) is 0 Å². The number of hydrogen-bond donors (Lipinski definition) is 2. The predicted molar refractivity (Wildman–Crippen MR) is 68.9 cm³/mol. The van der Waals surface area contributed by atoms with Gasteiger partial charge in [0, 0.05) is 13.6 Å². The van der Waals surface area contributed by atoms with Gasteiger partial charge in [-0.3, -0.25) is 4.79 Å². The van der Waals surface area contributed by atoms with Crippen LogP contribution in [0.15, 0.2) is 30.3 Å².